The van der Waals surface area contributed by atoms with Crippen molar-refractivity contribution in [2.75, 3.05) is 53.0 Å². The molecular formula is C18H28BrN3O. The van der Waals surface area contributed by atoms with Crippen molar-refractivity contribution in [2.24, 2.45) is 11.7 Å². The highest BCUT2D eigenvalue weighted by Gasteiger charge is 2.29. The smallest absolute Gasteiger partial charge is 0.0594 e. The summed E-state index contributed by atoms with van der Waals surface area (Å²) < 4.78 is 6.65. The number of ether oxygens (including phenoxy) is 1. The molecule has 4 nitrogen and oxygen atoms in total. The van der Waals surface area contributed by atoms with Gasteiger partial charge >= 0.3 is 0 Å². The summed E-state index contributed by atoms with van der Waals surface area (Å²) in [5.74, 6) is 0.629. The van der Waals surface area contributed by atoms with Crippen molar-refractivity contribution in [3.05, 3.63) is 33.8 Å². The molecule has 0 aliphatic carbocycles. The molecule has 23 heavy (non-hydrogen) atoms. The highest BCUT2D eigenvalue weighted by atomic mass is 79.9. The van der Waals surface area contributed by atoms with Gasteiger partial charge in [-0.05, 0) is 49.5 Å². The molecule has 2 atom stereocenters. The molecule has 0 bridgehead atoms. The Morgan fingerprint density at radius 1 is 1.30 bits per heavy atom. The van der Waals surface area contributed by atoms with E-state index in [1.54, 1.807) is 0 Å². The summed E-state index contributed by atoms with van der Waals surface area (Å²) in [5, 5.41) is 0. The van der Waals surface area contributed by atoms with Crippen LogP contribution in [0.25, 0.3) is 0 Å². The molecule has 5 heteroatoms. The van der Waals surface area contributed by atoms with Crippen LogP contribution < -0.4 is 5.73 Å². The molecule has 0 spiro atoms. The number of benzene rings is 1. The number of nitrogens with two attached hydrogens (primary N) is 1. The first-order valence-corrected chi connectivity index (χ1v) is 9.45. The lowest BCUT2D eigenvalue weighted by Crippen LogP contribution is -2.37. The molecule has 2 unspecified atom stereocenters. The molecule has 3 rings (SSSR count). The molecule has 128 valence electrons. The lowest BCUT2D eigenvalue weighted by atomic mass is 9.98. The fourth-order valence-electron chi connectivity index (χ4n) is 3.74. The highest BCUT2D eigenvalue weighted by molar-refractivity contribution is 9.10. The summed E-state index contributed by atoms with van der Waals surface area (Å²) in [5.41, 5.74) is 8.66. The Kier molecular flexibility index (Phi) is 6.10. The average molecular weight is 382 g/mol. The van der Waals surface area contributed by atoms with Crippen LogP contribution in [0.5, 0.6) is 0 Å². The lowest BCUT2D eigenvalue weighted by Gasteiger charge is -2.26. The molecule has 2 aliphatic heterocycles. The Balaban J connectivity index is 1.61. The number of halogens is 1. The zero-order chi connectivity index (χ0) is 16.2. The molecule has 0 amide bonds. The number of rotatable bonds is 5. The van der Waals surface area contributed by atoms with Gasteiger partial charge in [0.15, 0.2) is 0 Å². The Morgan fingerprint density at radius 2 is 2.09 bits per heavy atom. The van der Waals surface area contributed by atoms with Crippen LogP contribution >= 0.6 is 15.9 Å². The van der Waals surface area contributed by atoms with Gasteiger partial charge in [-0.1, -0.05) is 28.1 Å². The second-order valence-electron chi connectivity index (χ2n) is 6.85. The van der Waals surface area contributed by atoms with Crippen LogP contribution in [0.2, 0.25) is 0 Å². The second-order valence-corrected chi connectivity index (χ2v) is 7.70. The molecule has 1 aromatic rings. The molecule has 0 radical (unpaired) electrons. The normalized spacial score (nSPS) is 26.7. The van der Waals surface area contributed by atoms with Gasteiger partial charge in [0.05, 0.1) is 13.2 Å². The van der Waals surface area contributed by atoms with E-state index in [0.717, 1.165) is 52.4 Å². The SMILES string of the molecule is CN1CC(CN)CC1c1ccc(CCN2CCOCC2)c(Br)c1. The Labute approximate surface area is 148 Å². The molecule has 1 aromatic carbocycles. The minimum absolute atomic E-state index is 0.508. The van der Waals surface area contributed by atoms with Crippen molar-refractivity contribution < 1.29 is 4.74 Å². The third-order valence-electron chi connectivity index (χ3n) is 5.23. The zero-order valence-electron chi connectivity index (χ0n) is 14.0. The number of nitrogens with zero attached hydrogens (tertiary/aromatic N) is 2. The Bertz CT molecular complexity index is 519. The van der Waals surface area contributed by atoms with E-state index < -0.39 is 0 Å². The van der Waals surface area contributed by atoms with Gasteiger partial charge in [0.2, 0.25) is 0 Å². The van der Waals surface area contributed by atoms with Crippen LogP contribution in [0.15, 0.2) is 22.7 Å². The molecule has 2 fully saturated rings. The largest absolute Gasteiger partial charge is 0.379 e. The van der Waals surface area contributed by atoms with Gasteiger partial charge in [-0.2, -0.15) is 0 Å². The quantitative estimate of drug-likeness (QED) is 0.849. The molecule has 2 aliphatic rings. The standard InChI is InChI=1S/C18H28BrN3O/c1-21-13-14(12-20)10-18(21)16-3-2-15(17(19)11-16)4-5-22-6-8-23-9-7-22/h2-3,11,14,18H,4-10,12-13,20H2,1H3. The van der Waals surface area contributed by atoms with E-state index in [9.17, 15) is 0 Å². The summed E-state index contributed by atoms with van der Waals surface area (Å²) in [6, 6.07) is 7.42. The van der Waals surface area contributed by atoms with Gasteiger partial charge in [-0.3, -0.25) is 9.80 Å². The number of likely N-dealkylation sites (tertiary alicyclic amines) is 1. The van der Waals surface area contributed by atoms with Gasteiger partial charge in [-0.25, -0.2) is 0 Å². The third-order valence-corrected chi connectivity index (χ3v) is 5.97. The molecular weight excluding hydrogens is 354 g/mol. The zero-order valence-corrected chi connectivity index (χ0v) is 15.6. The van der Waals surface area contributed by atoms with Crippen molar-refractivity contribution in [1.82, 2.24) is 9.80 Å². The summed E-state index contributed by atoms with van der Waals surface area (Å²) in [7, 11) is 2.21. The fraction of sp³-hybridized carbons (Fsp3) is 0.667. The molecule has 0 aromatic heterocycles. The van der Waals surface area contributed by atoms with E-state index in [0.29, 0.717) is 12.0 Å². The number of hydrogen-bond acceptors (Lipinski definition) is 4. The van der Waals surface area contributed by atoms with Crippen LogP contribution in [0.4, 0.5) is 0 Å². The maximum atomic E-state index is 5.85. The predicted molar refractivity (Wildman–Crippen MR) is 97.6 cm³/mol. The summed E-state index contributed by atoms with van der Waals surface area (Å²) in [4.78, 5) is 4.92. The minimum Gasteiger partial charge on any atom is -0.379 e. The van der Waals surface area contributed by atoms with Crippen LogP contribution in [0.1, 0.15) is 23.6 Å². The van der Waals surface area contributed by atoms with Crippen molar-refractivity contribution in [3.63, 3.8) is 0 Å². The number of hydrogen-bond donors (Lipinski definition) is 1. The first-order valence-electron chi connectivity index (χ1n) is 8.66. The molecule has 0 saturated carbocycles. The molecule has 2 N–H and O–H groups in total. The fourth-order valence-corrected chi connectivity index (χ4v) is 4.34. The van der Waals surface area contributed by atoms with Gasteiger partial charge in [0.1, 0.15) is 0 Å². The average Bonchev–Trinajstić information content (AvgIpc) is 2.96. The first kappa shape index (κ1) is 17.4. The van der Waals surface area contributed by atoms with E-state index >= 15 is 0 Å². The lowest BCUT2D eigenvalue weighted by molar-refractivity contribution is 0.0384. The van der Waals surface area contributed by atoms with Gasteiger partial charge < -0.3 is 10.5 Å². The van der Waals surface area contributed by atoms with Crippen LogP contribution in [-0.2, 0) is 11.2 Å². The Morgan fingerprint density at radius 3 is 2.74 bits per heavy atom. The monoisotopic (exact) mass is 381 g/mol. The van der Waals surface area contributed by atoms with E-state index in [4.69, 9.17) is 10.5 Å². The van der Waals surface area contributed by atoms with Gasteiger partial charge in [-0.15, -0.1) is 0 Å². The van der Waals surface area contributed by atoms with E-state index in [-0.39, 0.29) is 0 Å². The maximum Gasteiger partial charge on any atom is 0.0594 e. The molecule has 2 saturated heterocycles. The van der Waals surface area contributed by atoms with Crippen LogP contribution in [0.3, 0.4) is 0 Å². The highest BCUT2D eigenvalue weighted by Crippen LogP contribution is 2.35. The van der Waals surface area contributed by atoms with E-state index in [2.05, 4.69) is 51.0 Å². The Hall–Kier alpha value is -0.460. The first-order chi connectivity index (χ1) is 11.2. The van der Waals surface area contributed by atoms with E-state index in [1.165, 1.54) is 22.0 Å². The second kappa shape index (κ2) is 8.08. The topological polar surface area (TPSA) is 41.7 Å². The summed E-state index contributed by atoms with van der Waals surface area (Å²) in [6.45, 7) is 6.87. The summed E-state index contributed by atoms with van der Waals surface area (Å²) in [6.07, 6.45) is 2.26. The van der Waals surface area contributed by atoms with Crippen molar-refractivity contribution >= 4 is 15.9 Å². The van der Waals surface area contributed by atoms with Crippen molar-refractivity contribution in [2.45, 2.75) is 18.9 Å². The third kappa shape index (κ3) is 4.34. The van der Waals surface area contributed by atoms with Crippen molar-refractivity contribution in [3.8, 4) is 0 Å². The maximum absolute atomic E-state index is 5.85. The predicted octanol–water partition coefficient (Wildman–Crippen LogP) is 2.28. The van der Waals surface area contributed by atoms with E-state index in [1.807, 2.05) is 0 Å². The van der Waals surface area contributed by atoms with Crippen molar-refractivity contribution in [1.29, 1.82) is 0 Å². The van der Waals surface area contributed by atoms with Gasteiger partial charge in [0, 0.05) is 36.7 Å². The number of morpholine rings is 1. The summed E-state index contributed by atoms with van der Waals surface area (Å²) >= 11 is 3.78. The molecule has 2 heterocycles. The van der Waals surface area contributed by atoms with Crippen LogP contribution in [-0.4, -0.2) is 62.8 Å². The minimum atomic E-state index is 0.508. The van der Waals surface area contributed by atoms with Crippen LogP contribution in [0, 0.1) is 5.92 Å². The van der Waals surface area contributed by atoms with Gasteiger partial charge in [0.25, 0.3) is 0 Å².